The van der Waals surface area contributed by atoms with Gasteiger partial charge in [0.1, 0.15) is 11.5 Å². The normalized spacial score (nSPS) is 11.2. The summed E-state index contributed by atoms with van der Waals surface area (Å²) in [5.41, 5.74) is 1.35. The van der Waals surface area contributed by atoms with E-state index in [1.165, 1.54) is 107 Å². The average molecular weight is 407 g/mol. The van der Waals surface area contributed by atoms with Crippen LogP contribution >= 0.6 is 0 Å². The van der Waals surface area contributed by atoms with Gasteiger partial charge < -0.3 is 9.52 Å². The summed E-state index contributed by atoms with van der Waals surface area (Å²) in [5, 5.41) is 8.60. The van der Waals surface area contributed by atoms with Gasteiger partial charge in [0, 0.05) is 19.3 Å². The van der Waals surface area contributed by atoms with Gasteiger partial charge in [-0.2, -0.15) is 0 Å². The molecule has 1 rings (SSSR count). The van der Waals surface area contributed by atoms with Crippen LogP contribution in [0.1, 0.15) is 133 Å². The number of carboxylic acids is 1. The second-order valence-corrected chi connectivity index (χ2v) is 8.77. The van der Waals surface area contributed by atoms with Crippen LogP contribution in [0.25, 0.3) is 0 Å². The van der Waals surface area contributed by atoms with E-state index in [0.29, 0.717) is 6.42 Å². The highest BCUT2D eigenvalue weighted by atomic mass is 16.4. The molecule has 3 heteroatoms. The minimum Gasteiger partial charge on any atom is -0.481 e. The molecule has 3 nitrogen and oxygen atoms in total. The third-order valence-electron chi connectivity index (χ3n) is 5.89. The summed E-state index contributed by atoms with van der Waals surface area (Å²) in [6.07, 6.45) is 22.7. The third-order valence-corrected chi connectivity index (χ3v) is 5.89. The van der Waals surface area contributed by atoms with E-state index in [9.17, 15) is 4.79 Å². The summed E-state index contributed by atoms with van der Waals surface area (Å²) in [4.78, 5) is 10.4. The molecule has 1 aromatic heterocycles. The van der Waals surface area contributed by atoms with Gasteiger partial charge in [0.25, 0.3) is 0 Å². The molecule has 0 aliphatic heterocycles. The number of furan rings is 1. The van der Waals surface area contributed by atoms with E-state index in [2.05, 4.69) is 19.9 Å². The Balaban J connectivity index is 1.90. The molecule has 0 amide bonds. The number of hydrogen-bond acceptors (Lipinski definition) is 2. The fourth-order valence-electron chi connectivity index (χ4n) is 4.02. The van der Waals surface area contributed by atoms with Gasteiger partial charge in [0.2, 0.25) is 0 Å². The molecule has 0 aromatic carbocycles. The molecule has 168 valence electrons. The number of unbranched alkanes of at least 4 members (excludes halogenated alkanes) is 14. The molecule has 0 bridgehead atoms. The predicted octanol–water partition coefficient (Wildman–Crippen LogP) is 8.41. The van der Waals surface area contributed by atoms with E-state index in [-0.39, 0.29) is 0 Å². The molecule has 0 spiro atoms. The summed E-state index contributed by atoms with van der Waals surface area (Å²) < 4.78 is 6.08. The number of aryl methyl sites for hydroxylation is 3. The monoisotopic (exact) mass is 406 g/mol. The van der Waals surface area contributed by atoms with Crippen LogP contribution in [0.3, 0.4) is 0 Å². The fraction of sp³-hybridized carbons (Fsp3) is 0.808. The van der Waals surface area contributed by atoms with Crippen LogP contribution in [-0.2, 0) is 17.6 Å². The summed E-state index contributed by atoms with van der Waals surface area (Å²) in [7, 11) is 0. The second-order valence-electron chi connectivity index (χ2n) is 8.77. The molecule has 0 saturated heterocycles. The van der Waals surface area contributed by atoms with Gasteiger partial charge in [0.15, 0.2) is 0 Å². The maximum Gasteiger partial charge on any atom is 0.303 e. The number of aliphatic carboxylic acids is 1. The first kappa shape index (κ1) is 25.8. The van der Waals surface area contributed by atoms with Gasteiger partial charge in [0.05, 0.1) is 0 Å². The molecule has 0 aliphatic carbocycles. The Kier molecular flexibility index (Phi) is 15.6. The van der Waals surface area contributed by atoms with Gasteiger partial charge in [-0.05, 0) is 37.8 Å². The van der Waals surface area contributed by atoms with Crippen LogP contribution in [0.4, 0.5) is 0 Å². The van der Waals surface area contributed by atoms with Crippen molar-refractivity contribution >= 4 is 5.97 Å². The fourth-order valence-corrected chi connectivity index (χ4v) is 4.02. The highest BCUT2D eigenvalue weighted by molar-refractivity contribution is 5.66. The SMILES string of the molecule is CCCCCCc1oc(CCCCCCCCCCCCCCC(=O)O)cc1C. The average Bonchev–Trinajstić information content (AvgIpc) is 3.04. The molecule has 29 heavy (non-hydrogen) atoms. The smallest absolute Gasteiger partial charge is 0.303 e. The second kappa shape index (κ2) is 17.6. The van der Waals surface area contributed by atoms with Gasteiger partial charge >= 0.3 is 5.97 Å². The van der Waals surface area contributed by atoms with Crippen molar-refractivity contribution in [1.29, 1.82) is 0 Å². The predicted molar refractivity (Wildman–Crippen MR) is 123 cm³/mol. The molecule has 1 aromatic rings. The minimum atomic E-state index is -0.660. The first-order valence-corrected chi connectivity index (χ1v) is 12.4. The standard InChI is InChI=1S/C26H46O3/c1-3-4-5-17-20-25-23(2)22-24(29-25)19-16-14-12-10-8-6-7-9-11-13-15-18-21-26(27)28/h22H,3-21H2,1-2H3,(H,27,28). The van der Waals surface area contributed by atoms with Crippen molar-refractivity contribution in [3.8, 4) is 0 Å². The van der Waals surface area contributed by atoms with Crippen LogP contribution in [0, 0.1) is 6.92 Å². The van der Waals surface area contributed by atoms with E-state index in [4.69, 9.17) is 9.52 Å². The highest BCUT2D eigenvalue weighted by Crippen LogP contribution is 2.20. The Labute approximate surface area is 179 Å². The number of carbonyl (C=O) groups is 1. The lowest BCUT2D eigenvalue weighted by atomic mass is 10.0. The van der Waals surface area contributed by atoms with Gasteiger partial charge in [-0.3, -0.25) is 4.79 Å². The maximum absolute atomic E-state index is 10.4. The lowest BCUT2D eigenvalue weighted by Gasteiger charge is -2.03. The zero-order chi connectivity index (χ0) is 21.2. The van der Waals surface area contributed by atoms with E-state index < -0.39 is 5.97 Å². The topological polar surface area (TPSA) is 50.4 Å². The quantitative estimate of drug-likeness (QED) is 0.221. The molecular formula is C26H46O3. The Morgan fingerprint density at radius 1 is 0.759 bits per heavy atom. The molecule has 1 N–H and O–H groups in total. The summed E-state index contributed by atoms with van der Waals surface area (Å²) in [6.45, 7) is 4.45. The van der Waals surface area contributed by atoms with Gasteiger partial charge in [-0.25, -0.2) is 0 Å². The maximum atomic E-state index is 10.4. The Bertz CT molecular complexity index is 518. The van der Waals surface area contributed by atoms with Crippen LogP contribution in [0.15, 0.2) is 10.5 Å². The Morgan fingerprint density at radius 2 is 1.24 bits per heavy atom. The molecule has 0 saturated carbocycles. The lowest BCUT2D eigenvalue weighted by Crippen LogP contribution is -1.93. The van der Waals surface area contributed by atoms with Crippen molar-refractivity contribution in [2.75, 3.05) is 0 Å². The largest absolute Gasteiger partial charge is 0.481 e. The minimum absolute atomic E-state index is 0.333. The van der Waals surface area contributed by atoms with Crippen molar-refractivity contribution in [2.45, 2.75) is 136 Å². The molecule has 0 unspecified atom stereocenters. The van der Waals surface area contributed by atoms with Crippen molar-refractivity contribution in [1.82, 2.24) is 0 Å². The van der Waals surface area contributed by atoms with Crippen LogP contribution in [0.5, 0.6) is 0 Å². The zero-order valence-electron chi connectivity index (χ0n) is 19.3. The molecule has 0 radical (unpaired) electrons. The molecule has 0 aliphatic rings. The summed E-state index contributed by atoms with van der Waals surface area (Å²) in [6, 6.07) is 2.26. The first-order chi connectivity index (χ1) is 14.1. The molecule has 0 atom stereocenters. The van der Waals surface area contributed by atoms with Crippen molar-refractivity contribution < 1.29 is 14.3 Å². The summed E-state index contributed by atoms with van der Waals surface area (Å²) >= 11 is 0. The lowest BCUT2D eigenvalue weighted by molar-refractivity contribution is -0.137. The van der Waals surface area contributed by atoms with E-state index in [0.717, 1.165) is 25.7 Å². The first-order valence-electron chi connectivity index (χ1n) is 12.4. The molecule has 0 fully saturated rings. The van der Waals surface area contributed by atoms with Crippen LogP contribution in [-0.4, -0.2) is 11.1 Å². The highest BCUT2D eigenvalue weighted by Gasteiger charge is 2.07. The van der Waals surface area contributed by atoms with E-state index >= 15 is 0 Å². The van der Waals surface area contributed by atoms with Crippen molar-refractivity contribution in [3.63, 3.8) is 0 Å². The number of hydrogen-bond donors (Lipinski definition) is 1. The molecule has 1 heterocycles. The Morgan fingerprint density at radius 3 is 1.79 bits per heavy atom. The third kappa shape index (κ3) is 14.4. The van der Waals surface area contributed by atoms with Crippen LogP contribution < -0.4 is 0 Å². The van der Waals surface area contributed by atoms with Crippen LogP contribution in [0.2, 0.25) is 0 Å². The van der Waals surface area contributed by atoms with Crippen molar-refractivity contribution in [3.05, 3.63) is 23.2 Å². The number of rotatable bonds is 20. The van der Waals surface area contributed by atoms with E-state index in [1.54, 1.807) is 0 Å². The van der Waals surface area contributed by atoms with Gasteiger partial charge in [-0.15, -0.1) is 0 Å². The number of carboxylic acid groups (broad SMARTS) is 1. The zero-order valence-corrected chi connectivity index (χ0v) is 19.3. The van der Waals surface area contributed by atoms with E-state index in [1.807, 2.05) is 0 Å². The Hall–Kier alpha value is -1.25. The summed E-state index contributed by atoms with van der Waals surface area (Å²) in [5.74, 6) is 1.75. The molecular weight excluding hydrogens is 360 g/mol. The van der Waals surface area contributed by atoms with Gasteiger partial charge in [-0.1, -0.05) is 90.4 Å². The van der Waals surface area contributed by atoms with Crippen molar-refractivity contribution in [2.24, 2.45) is 0 Å².